The number of alkyl carbamates (subject to hydrolysis) is 1. The number of nitrogens with one attached hydrogen (secondary N) is 3. The molecule has 5 rings (SSSR count). The van der Waals surface area contributed by atoms with Crippen LogP contribution in [0.5, 0.6) is 0 Å². The molecule has 1 unspecified atom stereocenters. The Morgan fingerprint density at radius 1 is 0.881 bits per heavy atom. The van der Waals surface area contributed by atoms with Crippen LogP contribution in [-0.2, 0) is 34.0 Å². The van der Waals surface area contributed by atoms with Gasteiger partial charge in [-0.05, 0) is 55.2 Å². The number of alkyl halides is 3. The monoisotopic (exact) mass is 826 g/mol. The summed E-state index contributed by atoms with van der Waals surface area (Å²) in [5.41, 5.74) is 0.869. The topological polar surface area (TPSA) is 172 Å². The molecule has 1 aliphatic heterocycles. The summed E-state index contributed by atoms with van der Waals surface area (Å²) in [5.74, 6) is -3.55. The van der Waals surface area contributed by atoms with Crippen LogP contribution >= 0.6 is 0 Å². The third kappa shape index (κ3) is 11.1. The summed E-state index contributed by atoms with van der Waals surface area (Å²) in [4.78, 5) is 65.8. The van der Waals surface area contributed by atoms with Crippen LogP contribution in [0.1, 0.15) is 49.2 Å². The minimum Gasteiger partial charge on any atom is -0.477 e. The van der Waals surface area contributed by atoms with Gasteiger partial charge in [-0.2, -0.15) is 13.2 Å². The first kappa shape index (κ1) is 43.9. The lowest BCUT2D eigenvalue weighted by atomic mass is 9.95. The third-order valence-corrected chi connectivity index (χ3v) is 9.93. The summed E-state index contributed by atoms with van der Waals surface area (Å²) in [6.45, 7) is 7.06. The van der Waals surface area contributed by atoms with Gasteiger partial charge in [0.15, 0.2) is 0 Å². The molecule has 2 heterocycles. The van der Waals surface area contributed by atoms with Gasteiger partial charge < -0.3 is 39.6 Å². The van der Waals surface area contributed by atoms with E-state index in [1.807, 2.05) is 0 Å². The number of piperazine rings is 1. The Morgan fingerprint density at radius 2 is 1.51 bits per heavy atom. The molecule has 316 valence electrons. The SMILES string of the molecule is CCn1cc(C(=O)O)c(=O)c2cc(F)c(N3CCN(C(=O)OCc4ccc(NC(=O)[C@H](C)NC([C@@H](NC(=O)OCc5ccccc5)C(C)C)C(F)(F)F)cc4)CC3)cc21. The summed E-state index contributed by atoms with van der Waals surface area (Å²) < 4.78 is 70.4. The number of pyridine rings is 1. The van der Waals surface area contributed by atoms with E-state index >= 15 is 4.39 Å². The number of carboxylic acids is 1. The van der Waals surface area contributed by atoms with Crippen LogP contribution in [0.2, 0.25) is 0 Å². The standard InChI is InChI=1S/C41H46F4N6O8/c1-5-49-21-30(38(54)55)35(52)29-19-31(42)33(20-32(29)49)50-15-17-51(18-16-50)40(57)59-23-27-11-13-28(14-12-27)47-37(53)25(4)46-36(41(43,44)45)34(24(2)3)48-39(56)58-22-26-9-7-6-8-10-26/h6-14,19-21,24-25,34,36,46H,5,15-18,22-23H2,1-4H3,(H,47,53)(H,48,56)(H,54,55)/t25-,34-,36?/m0/s1. The lowest BCUT2D eigenvalue weighted by Crippen LogP contribution is -2.62. The average Bonchev–Trinajstić information content (AvgIpc) is 3.20. The second kappa shape index (κ2) is 19.1. The van der Waals surface area contributed by atoms with Gasteiger partial charge in [-0.3, -0.25) is 14.9 Å². The molecule has 3 amide bonds. The molecule has 3 atom stereocenters. The molecule has 0 radical (unpaired) electrons. The number of aromatic carboxylic acids is 1. The smallest absolute Gasteiger partial charge is 0.410 e. The molecule has 0 spiro atoms. The van der Waals surface area contributed by atoms with E-state index in [-0.39, 0.29) is 56.2 Å². The number of anilines is 2. The predicted octanol–water partition coefficient (Wildman–Crippen LogP) is 6.12. The zero-order valence-electron chi connectivity index (χ0n) is 32.8. The molecule has 1 aliphatic rings. The van der Waals surface area contributed by atoms with Gasteiger partial charge in [0.05, 0.1) is 23.3 Å². The lowest BCUT2D eigenvalue weighted by Gasteiger charge is -2.35. The normalized spacial score (nSPS) is 14.7. The Labute approximate surface area is 337 Å². The highest BCUT2D eigenvalue weighted by Gasteiger charge is 2.47. The molecular formula is C41H46F4N6O8. The maximum Gasteiger partial charge on any atom is 0.410 e. The van der Waals surface area contributed by atoms with Crippen molar-refractivity contribution in [2.24, 2.45) is 5.92 Å². The number of aryl methyl sites for hydroxylation is 1. The molecule has 1 fully saturated rings. The van der Waals surface area contributed by atoms with Crippen molar-refractivity contribution in [1.82, 2.24) is 20.1 Å². The highest BCUT2D eigenvalue weighted by molar-refractivity contribution is 5.95. The van der Waals surface area contributed by atoms with E-state index in [9.17, 15) is 42.3 Å². The van der Waals surface area contributed by atoms with Gasteiger partial charge in [-0.25, -0.2) is 18.8 Å². The number of amides is 3. The van der Waals surface area contributed by atoms with E-state index in [1.165, 1.54) is 50.1 Å². The number of halogens is 4. The van der Waals surface area contributed by atoms with Gasteiger partial charge in [-0.15, -0.1) is 0 Å². The Bertz CT molecular complexity index is 2190. The average molecular weight is 827 g/mol. The van der Waals surface area contributed by atoms with E-state index in [0.717, 1.165) is 6.07 Å². The molecule has 0 aliphatic carbocycles. The Balaban J connectivity index is 1.11. The zero-order valence-corrected chi connectivity index (χ0v) is 32.8. The minimum atomic E-state index is -4.84. The van der Waals surface area contributed by atoms with E-state index in [4.69, 9.17) is 9.47 Å². The van der Waals surface area contributed by atoms with E-state index in [1.54, 1.807) is 58.9 Å². The predicted molar refractivity (Wildman–Crippen MR) is 211 cm³/mol. The van der Waals surface area contributed by atoms with Gasteiger partial charge in [0.25, 0.3) is 0 Å². The zero-order chi connectivity index (χ0) is 43.0. The third-order valence-electron chi connectivity index (χ3n) is 9.93. The largest absolute Gasteiger partial charge is 0.477 e. The number of nitrogens with zero attached hydrogens (tertiary/aromatic N) is 3. The number of rotatable bonds is 14. The Morgan fingerprint density at radius 3 is 2.10 bits per heavy atom. The molecule has 1 aromatic heterocycles. The van der Waals surface area contributed by atoms with Crippen LogP contribution < -0.4 is 26.3 Å². The number of carbonyl (C=O) groups excluding carboxylic acids is 3. The van der Waals surface area contributed by atoms with Gasteiger partial charge in [0.1, 0.15) is 30.6 Å². The molecule has 18 heteroatoms. The van der Waals surface area contributed by atoms with Crippen molar-refractivity contribution in [2.45, 2.75) is 71.8 Å². The van der Waals surface area contributed by atoms with Crippen LogP contribution in [0.3, 0.4) is 0 Å². The van der Waals surface area contributed by atoms with Crippen molar-refractivity contribution in [1.29, 1.82) is 0 Å². The summed E-state index contributed by atoms with van der Waals surface area (Å²) >= 11 is 0. The number of carboxylic acid groups (broad SMARTS) is 1. The molecule has 0 saturated carbocycles. The first-order valence-electron chi connectivity index (χ1n) is 18.9. The molecule has 59 heavy (non-hydrogen) atoms. The quantitative estimate of drug-likeness (QED) is 0.109. The van der Waals surface area contributed by atoms with Crippen LogP contribution in [0, 0.1) is 11.7 Å². The van der Waals surface area contributed by atoms with Gasteiger partial charge >= 0.3 is 24.3 Å². The molecule has 1 saturated heterocycles. The lowest BCUT2D eigenvalue weighted by molar-refractivity contribution is -0.167. The van der Waals surface area contributed by atoms with Crippen molar-refractivity contribution in [3.05, 3.63) is 106 Å². The van der Waals surface area contributed by atoms with E-state index in [2.05, 4.69) is 16.0 Å². The highest BCUT2D eigenvalue weighted by atomic mass is 19.4. The summed E-state index contributed by atoms with van der Waals surface area (Å²) in [5, 5.41) is 16.6. The number of hydrogen-bond donors (Lipinski definition) is 4. The van der Waals surface area contributed by atoms with Gasteiger partial charge in [0, 0.05) is 50.0 Å². The number of fused-ring (bicyclic) bond motifs is 1. The number of benzene rings is 3. The second-order valence-corrected chi connectivity index (χ2v) is 14.4. The van der Waals surface area contributed by atoms with Gasteiger partial charge in [-0.1, -0.05) is 56.3 Å². The number of hydrogen-bond acceptors (Lipinski definition) is 9. The maximum atomic E-state index is 15.3. The summed E-state index contributed by atoms with van der Waals surface area (Å²) in [6, 6.07) is 12.3. The van der Waals surface area contributed by atoms with Crippen LogP contribution in [0.25, 0.3) is 10.9 Å². The van der Waals surface area contributed by atoms with Crippen LogP contribution in [0.15, 0.2) is 77.7 Å². The second-order valence-electron chi connectivity index (χ2n) is 14.4. The first-order valence-corrected chi connectivity index (χ1v) is 18.9. The fourth-order valence-corrected chi connectivity index (χ4v) is 6.64. The molecular weight excluding hydrogens is 780 g/mol. The maximum absolute atomic E-state index is 15.3. The van der Waals surface area contributed by atoms with E-state index < -0.39 is 71.1 Å². The first-order chi connectivity index (χ1) is 28.0. The molecule has 14 nitrogen and oxygen atoms in total. The van der Waals surface area contributed by atoms with Crippen molar-refractivity contribution < 1.29 is 51.3 Å². The van der Waals surface area contributed by atoms with Crippen molar-refractivity contribution >= 4 is 46.3 Å². The van der Waals surface area contributed by atoms with E-state index in [0.29, 0.717) is 23.2 Å². The number of ether oxygens (including phenoxy) is 2. The van der Waals surface area contributed by atoms with Crippen LogP contribution in [0.4, 0.5) is 38.5 Å². The molecule has 0 bridgehead atoms. The Hall–Kier alpha value is -6.17. The van der Waals surface area contributed by atoms with Crippen molar-refractivity contribution in [3.63, 3.8) is 0 Å². The summed E-state index contributed by atoms with van der Waals surface area (Å²) in [7, 11) is 0. The highest BCUT2D eigenvalue weighted by Crippen LogP contribution is 2.28. The minimum absolute atomic E-state index is 0.0450. The number of carbonyl (C=O) groups is 4. The molecule has 4 N–H and O–H groups in total. The molecule has 3 aromatic carbocycles. The number of aromatic nitrogens is 1. The fraction of sp³-hybridized carbons (Fsp3) is 0.390. The molecule has 4 aromatic rings. The fourth-order valence-electron chi connectivity index (χ4n) is 6.64. The van der Waals surface area contributed by atoms with Crippen molar-refractivity contribution in [3.8, 4) is 0 Å². The van der Waals surface area contributed by atoms with Crippen molar-refractivity contribution in [2.75, 3.05) is 36.4 Å². The Kier molecular flexibility index (Phi) is 14.2. The summed E-state index contributed by atoms with van der Waals surface area (Å²) in [6.07, 6.45) is -5.24. The van der Waals surface area contributed by atoms with Gasteiger partial charge in [0.2, 0.25) is 11.3 Å². The van der Waals surface area contributed by atoms with Crippen LogP contribution in [-0.4, -0.2) is 89.1 Å².